The van der Waals surface area contributed by atoms with Gasteiger partial charge in [-0.1, -0.05) is 51.1 Å². The maximum atomic E-state index is 13.6. The van der Waals surface area contributed by atoms with Crippen molar-refractivity contribution in [1.82, 2.24) is 25.5 Å². The molecule has 0 bridgehead atoms. The summed E-state index contributed by atoms with van der Waals surface area (Å²) < 4.78 is 0. The lowest BCUT2D eigenvalue weighted by atomic mass is 10.0. The molecular formula is C25H39N5O3. The van der Waals surface area contributed by atoms with Crippen LogP contribution in [0, 0.1) is 0 Å². The third kappa shape index (κ3) is 9.08. The van der Waals surface area contributed by atoms with Crippen LogP contribution in [0.3, 0.4) is 0 Å². The molecule has 0 aliphatic rings. The SMILES string of the molecule is CC.CCC(C)(C)NC(=O)C(C)N(Cc1ccccc1)C(=O)C(Cc1cnc[nH]1)NC(C)=O. The summed E-state index contributed by atoms with van der Waals surface area (Å²) in [6.45, 7) is 13.2. The molecule has 8 nitrogen and oxygen atoms in total. The lowest BCUT2D eigenvalue weighted by Crippen LogP contribution is -2.57. The number of carbonyl (C=O) groups is 3. The molecule has 2 rings (SSSR count). The van der Waals surface area contributed by atoms with Gasteiger partial charge in [-0.15, -0.1) is 0 Å². The van der Waals surface area contributed by atoms with Crippen LogP contribution in [0.2, 0.25) is 0 Å². The fourth-order valence-electron chi connectivity index (χ4n) is 3.12. The number of aromatic nitrogens is 2. The van der Waals surface area contributed by atoms with Gasteiger partial charge in [0.2, 0.25) is 17.7 Å². The van der Waals surface area contributed by atoms with E-state index in [1.54, 1.807) is 13.1 Å². The van der Waals surface area contributed by atoms with Crippen LogP contribution in [0.15, 0.2) is 42.9 Å². The van der Waals surface area contributed by atoms with Crippen LogP contribution in [0.5, 0.6) is 0 Å². The Morgan fingerprint density at radius 2 is 1.79 bits per heavy atom. The van der Waals surface area contributed by atoms with Gasteiger partial charge < -0.3 is 20.5 Å². The molecule has 2 unspecified atom stereocenters. The van der Waals surface area contributed by atoms with Crippen LogP contribution < -0.4 is 10.6 Å². The summed E-state index contributed by atoms with van der Waals surface area (Å²) in [7, 11) is 0. The molecule has 1 aromatic carbocycles. The standard InChI is InChI=1S/C23H33N5O3.C2H6/c1-6-23(4,5)27-21(30)16(2)28(14-18-10-8-7-9-11-18)22(31)20(26-17(3)29)12-19-13-24-15-25-19;1-2/h7-11,13,15-16,20H,6,12,14H2,1-5H3,(H,24,25)(H,26,29)(H,27,30);1-2H3. The number of amides is 3. The highest BCUT2D eigenvalue weighted by Gasteiger charge is 2.33. The minimum Gasteiger partial charge on any atom is -0.349 e. The average molecular weight is 458 g/mol. The molecule has 3 amide bonds. The third-order valence-corrected chi connectivity index (χ3v) is 5.33. The van der Waals surface area contributed by atoms with Gasteiger partial charge in [-0.05, 0) is 32.8 Å². The zero-order valence-corrected chi connectivity index (χ0v) is 20.9. The molecule has 1 aromatic heterocycles. The highest BCUT2D eigenvalue weighted by Crippen LogP contribution is 2.15. The van der Waals surface area contributed by atoms with Crippen LogP contribution in [0.25, 0.3) is 0 Å². The number of hydrogen-bond donors (Lipinski definition) is 3. The van der Waals surface area contributed by atoms with E-state index in [4.69, 9.17) is 0 Å². The van der Waals surface area contributed by atoms with Crippen molar-refractivity contribution in [3.63, 3.8) is 0 Å². The number of hydrogen-bond acceptors (Lipinski definition) is 4. The van der Waals surface area contributed by atoms with Gasteiger partial charge in [0.15, 0.2) is 0 Å². The molecule has 0 saturated carbocycles. The van der Waals surface area contributed by atoms with E-state index in [-0.39, 0.29) is 36.2 Å². The molecule has 0 saturated heterocycles. The number of carbonyl (C=O) groups excluding carboxylic acids is 3. The molecule has 0 fully saturated rings. The summed E-state index contributed by atoms with van der Waals surface area (Å²) in [4.78, 5) is 46.9. The monoisotopic (exact) mass is 457 g/mol. The first-order valence-electron chi connectivity index (χ1n) is 11.5. The third-order valence-electron chi connectivity index (χ3n) is 5.33. The molecule has 1 heterocycles. The Hall–Kier alpha value is -3.16. The lowest BCUT2D eigenvalue weighted by Gasteiger charge is -2.34. The van der Waals surface area contributed by atoms with Gasteiger partial charge in [-0.2, -0.15) is 0 Å². The summed E-state index contributed by atoms with van der Waals surface area (Å²) in [6.07, 6.45) is 4.14. The normalized spacial score (nSPS) is 12.6. The van der Waals surface area contributed by atoms with E-state index in [1.807, 2.05) is 65.0 Å². The second-order valence-corrected chi connectivity index (χ2v) is 8.39. The lowest BCUT2D eigenvalue weighted by molar-refractivity contribution is -0.143. The first kappa shape index (κ1) is 27.9. The van der Waals surface area contributed by atoms with Gasteiger partial charge in [0.25, 0.3) is 0 Å². The van der Waals surface area contributed by atoms with Crippen molar-refractivity contribution in [1.29, 1.82) is 0 Å². The predicted molar refractivity (Wildman–Crippen MR) is 130 cm³/mol. The second-order valence-electron chi connectivity index (χ2n) is 8.39. The van der Waals surface area contributed by atoms with Gasteiger partial charge in [0.05, 0.1) is 6.33 Å². The molecule has 33 heavy (non-hydrogen) atoms. The van der Waals surface area contributed by atoms with Gasteiger partial charge >= 0.3 is 0 Å². The Kier molecular flexibility index (Phi) is 11.3. The zero-order chi connectivity index (χ0) is 25.0. The molecule has 0 radical (unpaired) electrons. The van der Waals surface area contributed by atoms with Gasteiger partial charge in [-0.3, -0.25) is 14.4 Å². The van der Waals surface area contributed by atoms with Crippen LogP contribution in [-0.4, -0.2) is 50.2 Å². The quantitative estimate of drug-likeness (QED) is 0.509. The minimum absolute atomic E-state index is 0.237. The van der Waals surface area contributed by atoms with E-state index >= 15 is 0 Å². The molecule has 0 aliphatic carbocycles. The van der Waals surface area contributed by atoms with Crippen molar-refractivity contribution in [2.24, 2.45) is 0 Å². The number of nitrogens with zero attached hydrogens (tertiary/aromatic N) is 2. The average Bonchev–Trinajstić information content (AvgIpc) is 3.31. The summed E-state index contributed by atoms with van der Waals surface area (Å²) in [5.41, 5.74) is 1.23. The molecule has 0 aliphatic heterocycles. The topological polar surface area (TPSA) is 107 Å². The number of imidazole rings is 1. The van der Waals surface area contributed by atoms with Crippen molar-refractivity contribution in [2.45, 2.75) is 85.5 Å². The van der Waals surface area contributed by atoms with Crippen LogP contribution in [0.1, 0.15) is 66.1 Å². The van der Waals surface area contributed by atoms with E-state index in [1.165, 1.54) is 18.2 Å². The van der Waals surface area contributed by atoms with Crippen molar-refractivity contribution in [3.8, 4) is 0 Å². The Balaban J connectivity index is 0.00000265. The molecule has 0 spiro atoms. The molecule has 2 atom stereocenters. The van der Waals surface area contributed by atoms with Gasteiger partial charge in [0.1, 0.15) is 12.1 Å². The van der Waals surface area contributed by atoms with E-state index in [9.17, 15) is 14.4 Å². The number of aromatic amines is 1. The largest absolute Gasteiger partial charge is 0.349 e. The summed E-state index contributed by atoms with van der Waals surface area (Å²) in [5, 5.41) is 5.74. The van der Waals surface area contributed by atoms with Crippen LogP contribution >= 0.6 is 0 Å². The first-order chi connectivity index (χ1) is 15.6. The van der Waals surface area contributed by atoms with E-state index in [0.29, 0.717) is 0 Å². The summed E-state index contributed by atoms with van der Waals surface area (Å²) in [5.74, 6) is -0.883. The second kappa shape index (κ2) is 13.4. The first-order valence-corrected chi connectivity index (χ1v) is 11.5. The van der Waals surface area contributed by atoms with Gasteiger partial charge in [0, 0.05) is 37.3 Å². The Morgan fingerprint density at radius 3 is 2.30 bits per heavy atom. The number of rotatable bonds is 10. The Labute approximate surface area is 197 Å². The van der Waals surface area contributed by atoms with Gasteiger partial charge in [-0.25, -0.2) is 4.98 Å². The van der Waals surface area contributed by atoms with Crippen LogP contribution in [-0.2, 0) is 27.3 Å². The van der Waals surface area contributed by atoms with E-state index in [0.717, 1.165) is 17.7 Å². The number of H-pyrrole nitrogens is 1. The molecule has 2 aromatic rings. The van der Waals surface area contributed by atoms with E-state index < -0.39 is 12.1 Å². The molecule has 8 heteroatoms. The van der Waals surface area contributed by atoms with E-state index in [2.05, 4.69) is 20.6 Å². The van der Waals surface area contributed by atoms with Crippen molar-refractivity contribution in [2.75, 3.05) is 0 Å². The fraction of sp³-hybridized carbons (Fsp3) is 0.520. The summed E-state index contributed by atoms with van der Waals surface area (Å²) >= 11 is 0. The summed E-state index contributed by atoms with van der Waals surface area (Å²) in [6, 6.07) is 7.94. The smallest absolute Gasteiger partial charge is 0.246 e. The highest BCUT2D eigenvalue weighted by atomic mass is 16.2. The maximum absolute atomic E-state index is 13.6. The fourth-order valence-corrected chi connectivity index (χ4v) is 3.12. The zero-order valence-electron chi connectivity index (χ0n) is 20.9. The van der Waals surface area contributed by atoms with Crippen LogP contribution in [0.4, 0.5) is 0 Å². The van der Waals surface area contributed by atoms with Crippen molar-refractivity contribution in [3.05, 3.63) is 54.1 Å². The van der Waals surface area contributed by atoms with Crippen molar-refractivity contribution < 1.29 is 14.4 Å². The Morgan fingerprint density at radius 1 is 1.15 bits per heavy atom. The minimum atomic E-state index is -0.823. The number of nitrogens with one attached hydrogen (secondary N) is 3. The van der Waals surface area contributed by atoms with Crippen molar-refractivity contribution >= 4 is 17.7 Å². The number of benzene rings is 1. The molecule has 182 valence electrons. The Bertz CT molecular complexity index is 865. The highest BCUT2D eigenvalue weighted by molar-refractivity contribution is 5.92. The maximum Gasteiger partial charge on any atom is 0.246 e. The predicted octanol–water partition coefficient (Wildman–Crippen LogP) is 3.21. The molecular weight excluding hydrogens is 418 g/mol. The molecule has 3 N–H and O–H groups in total.